The van der Waals surface area contributed by atoms with Crippen molar-refractivity contribution in [3.05, 3.63) is 29.8 Å². The summed E-state index contributed by atoms with van der Waals surface area (Å²) in [6, 6.07) is 4.57. The minimum Gasteiger partial charge on any atom is -0.450 e. The van der Waals surface area contributed by atoms with Gasteiger partial charge in [0.1, 0.15) is 0 Å². The number of carbonyl (C=O) groups is 2. The van der Waals surface area contributed by atoms with Crippen LogP contribution in [0.4, 0.5) is 23.7 Å². The summed E-state index contributed by atoms with van der Waals surface area (Å²) in [5.74, 6) is -0.419. The number of hydrogen-bond acceptors (Lipinski definition) is 4. The normalized spacial score (nSPS) is 15.6. The van der Waals surface area contributed by atoms with Crippen LogP contribution in [0.5, 0.6) is 0 Å². The van der Waals surface area contributed by atoms with Gasteiger partial charge in [-0.15, -0.1) is 0 Å². The van der Waals surface area contributed by atoms with Gasteiger partial charge in [-0.2, -0.15) is 13.2 Å². The van der Waals surface area contributed by atoms with Gasteiger partial charge in [0.05, 0.1) is 18.7 Å². The molecule has 2 amide bonds. The van der Waals surface area contributed by atoms with Crippen molar-refractivity contribution in [2.45, 2.75) is 32.0 Å². The second-order valence-electron chi connectivity index (χ2n) is 5.97. The number of halogens is 3. The Bertz CT molecular complexity index is 629. The molecule has 1 aliphatic heterocycles. The molecule has 144 valence electrons. The zero-order valence-corrected chi connectivity index (χ0v) is 14.4. The molecule has 0 saturated carbocycles. The zero-order valence-electron chi connectivity index (χ0n) is 14.4. The third-order valence-corrected chi connectivity index (χ3v) is 4.05. The summed E-state index contributed by atoms with van der Waals surface area (Å²) in [4.78, 5) is 25.2. The fraction of sp³-hybridized carbons (Fsp3) is 0.529. The van der Waals surface area contributed by atoms with Crippen LogP contribution in [0.2, 0.25) is 0 Å². The van der Waals surface area contributed by atoms with E-state index >= 15 is 0 Å². The van der Waals surface area contributed by atoms with Gasteiger partial charge in [0.15, 0.2) is 0 Å². The fourth-order valence-electron chi connectivity index (χ4n) is 2.70. The Morgan fingerprint density at radius 2 is 1.96 bits per heavy atom. The highest BCUT2D eigenvalue weighted by Gasteiger charge is 2.30. The Kier molecular flexibility index (Phi) is 6.84. The van der Waals surface area contributed by atoms with E-state index in [4.69, 9.17) is 4.74 Å². The maximum atomic E-state index is 12.7. The number of piperidine rings is 1. The van der Waals surface area contributed by atoms with E-state index in [1.807, 2.05) is 0 Å². The molecule has 1 heterocycles. The van der Waals surface area contributed by atoms with Gasteiger partial charge >= 0.3 is 12.3 Å². The Labute approximate surface area is 149 Å². The number of likely N-dealkylation sites (tertiary alicyclic amines) is 1. The van der Waals surface area contributed by atoms with Crippen molar-refractivity contribution in [3.63, 3.8) is 0 Å². The van der Waals surface area contributed by atoms with Crippen LogP contribution in [-0.4, -0.2) is 49.2 Å². The van der Waals surface area contributed by atoms with E-state index in [9.17, 15) is 22.8 Å². The maximum absolute atomic E-state index is 12.7. The van der Waals surface area contributed by atoms with Gasteiger partial charge in [0.25, 0.3) is 0 Å². The van der Waals surface area contributed by atoms with Gasteiger partial charge in [-0.1, -0.05) is 6.07 Å². The lowest BCUT2D eigenvalue weighted by Crippen LogP contribution is -2.46. The number of amides is 2. The lowest BCUT2D eigenvalue weighted by atomic mass is 10.1. The molecule has 1 fully saturated rings. The van der Waals surface area contributed by atoms with Crippen LogP contribution in [0.3, 0.4) is 0 Å². The number of alkyl halides is 3. The van der Waals surface area contributed by atoms with Gasteiger partial charge in [-0.05, 0) is 38.0 Å². The van der Waals surface area contributed by atoms with E-state index in [2.05, 4.69) is 10.6 Å². The third kappa shape index (κ3) is 5.91. The number of carbonyl (C=O) groups excluding carboxylic acids is 2. The van der Waals surface area contributed by atoms with Crippen molar-refractivity contribution < 1.29 is 27.5 Å². The summed E-state index contributed by atoms with van der Waals surface area (Å²) in [6.45, 7) is 3.12. The Balaban J connectivity index is 1.75. The summed E-state index contributed by atoms with van der Waals surface area (Å²) in [5, 5.41) is 5.52. The Morgan fingerprint density at radius 1 is 1.27 bits per heavy atom. The monoisotopic (exact) mass is 373 g/mol. The van der Waals surface area contributed by atoms with Crippen LogP contribution in [0, 0.1) is 0 Å². The fourth-order valence-corrected chi connectivity index (χ4v) is 2.70. The van der Waals surface area contributed by atoms with Crippen LogP contribution < -0.4 is 10.6 Å². The van der Waals surface area contributed by atoms with Crippen molar-refractivity contribution in [1.29, 1.82) is 0 Å². The average molecular weight is 373 g/mol. The molecule has 26 heavy (non-hydrogen) atoms. The van der Waals surface area contributed by atoms with Gasteiger partial charge in [0, 0.05) is 24.8 Å². The molecule has 0 atom stereocenters. The predicted molar refractivity (Wildman–Crippen MR) is 89.7 cm³/mol. The minimum atomic E-state index is -4.45. The standard InChI is InChI=1S/C17H22F3N3O3/c1-2-26-16(25)23-8-6-13(7-9-23)21-11-15(24)22-14-5-3-4-12(10-14)17(18,19)20/h3-5,10,13,21H,2,6-9,11H2,1H3,(H,22,24). The molecule has 1 aliphatic rings. The molecule has 1 aromatic carbocycles. The topological polar surface area (TPSA) is 70.7 Å². The molecule has 6 nitrogen and oxygen atoms in total. The van der Waals surface area contributed by atoms with Gasteiger partial charge < -0.3 is 20.3 Å². The number of hydrogen-bond donors (Lipinski definition) is 2. The molecule has 1 aromatic rings. The molecule has 2 N–H and O–H groups in total. The predicted octanol–water partition coefficient (Wildman–Crippen LogP) is 2.85. The van der Waals surface area contributed by atoms with Gasteiger partial charge in [-0.3, -0.25) is 4.79 Å². The van der Waals surface area contributed by atoms with Crippen molar-refractivity contribution in [2.75, 3.05) is 31.6 Å². The molecule has 2 rings (SSSR count). The van der Waals surface area contributed by atoms with Crippen molar-refractivity contribution >= 4 is 17.7 Å². The lowest BCUT2D eigenvalue weighted by Gasteiger charge is -2.31. The number of nitrogens with zero attached hydrogens (tertiary/aromatic N) is 1. The van der Waals surface area contributed by atoms with E-state index in [1.165, 1.54) is 12.1 Å². The first kappa shape index (κ1) is 20.0. The number of nitrogens with one attached hydrogen (secondary N) is 2. The molecule has 0 unspecified atom stereocenters. The van der Waals surface area contributed by atoms with Crippen LogP contribution in [0.25, 0.3) is 0 Å². The number of ether oxygens (including phenoxy) is 1. The highest BCUT2D eigenvalue weighted by atomic mass is 19.4. The minimum absolute atomic E-state index is 0.0136. The quantitative estimate of drug-likeness (QED) is 0.833. The van der Waals surface area contributed by atoms with Crippen LogP contribution in [0.1, 0.15) is 25.3 Å². The molecule has 9 heteroatoms. The first-order valence-electron chi connectivity index (χ1n) is 8.41. The van der Waals surface area contributed by atoms with E-state index in [0.717, 1.165) is 12.1 Å². The summed E-state index contributed by atoms with van der Waals surface area (Å²) in [7, 11) is 0. The second-order valence-corrected chi connectivity index (χ2v) is 5.97. The molecular weight excluding hydrogens is 351 g/mol. The van der Waals surface area contributed by atoms with E-state index in [-0.39, 0.29) is 24.4 Å². The van der Waals surface area contributed by atoms with E-state index in [0.29, 0.717) is 32.5 Å². The molecule has 0 bridgehead atoms. The Hall–Kier alpha value is -2.29. The smallest absolute Gasteiger partial charge is 0.416 e. The molecule has 0 aliphatic carbocycles. The SMILES string of the molecule is CCOC(=O)N1CCC(NCC(=O)Nc2cccc(C(F)(F)F)c2)CC1. The number of rotatable bonds is 5. The van der Waals surface area contributed by atoms with Crippen LogP contribution in [0.15, 0.2) is 24.3 Å². The first-order valence-corrected chi connectivity index (χ1v) is 8.41. The largest absolute Gasteiger partial charge is 0.450 e. The summed E-state index contributed by atoms with van der Waals surface area (Å²) < 4.78 is 43.0. The summed E-state index contributed by atoms with van der Waals surface area (Å²) in [5.41, 5.74) is -0.710. The van der Waals surface area contributed by atoms with Crippen molar-refractivity contribution in [2.24, 2.45) is 0 Å². The van der Waals surface area contributed by atoms with E-state index < -0.39 is 17.6 Å². The average Bonchev–Trinajstić information content (AvgIpc) is 2.60. The molecule has 0 spiro atoms. The molecular formula is C17H22F3N3O3. The third-order valence-electron chi connectivity index (χ3n) is 4.05. The lowest BCUT2D eigenvalue weighted by molar-refractivity contribution is -0.137. The highest BCUT2D eigenvalue weighted by molar-refractivity contribution is 5.92. The number of benzene rings is 1. The molecule has 0 radical (unpaired) electrons. The summed E-state index contributed by atoms with van der Waals surface area (Å²) in [6.07, 6.45) is -3.44. The van der Waals surface area contributed by atoms with Gasteiger partial charge in [0.2, 0.25) is 5.91 Å². The number of anilines is 1. The van der Waals surface area contributed by atoms with Gasteiger partial charge in [-0.25, -0.2) is 4.79 Å². The van der Waals surface area contributed by atoms with E-state index in [1.54, 1.807) is 11.8 Å². The van der Waals surface area contributed by atoms with Crippen molar-refractivity contribution in [1.82, 2.24) is 10.2 Å². The first-order chi connectivity index (χ1) is 12.3. The van der Waals surface area contributed by atoms with Crippen LogP contribution in [-0.2, 0) is 15.7 Å². The second kappa shape index (κ2) is 8.88. The van der Waals surface area contributed by atoms with Crippen molar-refractivity contribution in [3.8, 4) is 0 Å². The highest BCUT2D eigenvalue weighted by Crippen LogP contribution is 2.30. The maximum Gasteiger partial charge on any atom is 0.416 e. The zero-order chi connectivity index (χ0) is 19.2. The Morgan fingerprint density at radius 3 is 2.58 bits per heavy atom. The van der Waals surface area contributed by atoms with Crippen LogP contribution >= 0.6 is 0 Å². The molecule has 0 aromatic heterocycles. The molecule has 1 saturated heterocycles. The summed E-state index contributed by atoms with van der Waals surface area (Å²) >= 11 is 0.